The van der Waals surface area contributed by atoms with Crippen LogP contribution >= 0.6 is 23.2 Å². The minimum Gasteiger partial charge on any atom is -0.348 e. The number of nitrogens with zero attached hydrogens (tertiary/aromatic N) is 2. The Labute approximate surface area is 181 Å². The predicted octanol–water partition coefficient (Wildman–Crippen LogP) is 6.37. The maximum atomic E-state index is 13.4. The van der Waals surface area contributed by atoms with Crippen LogP contribution in [0.25, 0.3) is 0 Å². The zero-order valence-electron chi connectivity index (χ0n) is 15.9. The normalized spacial score (nSPS) is 16.5. The first-order chi connectivity index (χ1) is 14.2. The van der Waals surface area contributed by atoms with E-state index in [1.807, 2.05) is 22.9 Å². The van der Waals surface area contributed by atoms with Crippen molar-refractivity contribution in [3.8, 4) is 0 Å². The lowest BCUT2D eigenvalue weighted by Crippen LogP contribution is -2.42. The number of amides is 1. The van der Waals surface area contributed by atoms with Crippen molar-refractivity contribution in [2.75, 3.05) is 6.54 Å². The topological polar surface area (TPSA) is 25.2 Å². The molecule has 0 spiro atoms. The van der Waals surface area contributed by atoms with Gasteiger partial charge in [-0.2, -0.15) is 13.2 Å². The van der Waals surface area contributed by atoms with Crippen molar-refractivity contribution < 1.29 is 18.0 Å². The molecular weight excluding hydrogens is 436 g/mol. The number of aryl methyl sites for hydroxylation is 1. The zero-order valence-corrected chi connectivity index (χ0v) is 17.4. The summed E-state index contributed by atoms with van der Waals surface area (Å²) in [7, 11) is 0. The number of rotatable bonds is 2. The summed E-state index contributed by atoms with van der Waals surface area (Å²) in [6.45, 7) is 2.27. The molecule has 2 heterocycles. The Morgan fingerprint density at radius 3 is 2.50 bits per heavy atom. The van der Waals surface area contributed by atoms with E-state index in [1.54, 1.807) is 23.1 Å². The van der Waals surface area contributed by atoms with Gasteiger partial charge in [-0.25, -0.2) is 0 Å². The van der Waals surface area contributed by atoms with E-state index in [1.165, 1.54) is 19.1 Å². The molecule has 1 unspecified atom stereocenters. The van der Waals surface area contributed by atoms with E-state index >= 15 is 0 Å². The number of carbonyl (C=O) groups is 1. The molecule has 0 bridgehead atoms. The fourth-order valence-corrected chi connectivity index (χ4v) is 4.17. The number of hydrogen-bond donors (Lipinski definition) is 0. The van der Waals surface area contributed by atoms with Crippen molar-refractivity contribution in [3.05, 3.63) is 92.7 Å². The number of aromatic nitrogens is 1. The molecule has 1 aromatic heterocycles. The molecule has 0 saturated carbocycles. The van der Waals surface area contributed by atoms with Crippen molar-refractivity contribution in [1.29, 1.82) is 0 Å². The molecule has 1 aliphatic rings. The number of fused-ring (bicyclic) bond motifs is 1. The van der Waals surface area contributed by atoms with Crippen LogP contribution < -0.4 is 0 Å². The summed E-state index contributed by atoms with van der Waals surface area (Å²) in [5, 5.41) is 0.734. The summed E-state index contributed by atoms with van der Waals surface area (Å²) in [4.78, 5) is 14.9. The zero-order chi connectivity index (χ0) is 21.6. The lowest BCUT2D eigenvalue weighted by atomic mass is 9.97. The van der Waals surface area contributed by atoms with Gasteiger partial charge in [0.25, 0.3) is 5.91 Å². The molecule has 3 nitrogen and oxygen atoms in total. The lowest BCUT2D eigenvalue weighted by Gasteiger charge is -2.37. The van der Waals surface area contributed by atoms with Gasteiger partial charge in [0.05, 0.1) is 21.7 Å². The van der Waals surface area contributed by atoms with E-state index in [9.17, 15) is 18.0 Å². The quantitative estimate of drug-likeness (QED) is 0.443. The molecule has 0 fully saturated rings. The summed E-state index contributed by atoms with van der Waals surface area (Å²) >= 11 is 12.2. The van der Waals surface area contributed by atoms with Gasteiger partial charge in [-0.1, -0.05) is 35.3 Å². The lowest BCUT2D eigenvalue weighted by molar-refractivity contribution is -0.138. The second-order valence-electron chi connectivity index (χ2n) is 7.23. The highest BCUT2D eigenvalue weighted by molar-refractivity contribution is 6.42. The molecule has 0 radical (unpaired) electrons. The molecule has 2 aromatic carbocycles. The summed E-state index contributed by atoms with van der Waals surface area (Å²) in [5.41, 5.74) is 0.863. The third-order valence-corrected chi connectivity index (χ3v) is 6.09. The molecule has 1 amide bonds. The second-order valence-corrected chi connectivity index (χ2v) is 8.04. The molecule has 0 N–H and O–H groups in total. The number of halogens is 5. The molecule has 8 heteroatoms. The van der Waals surface area contributed by atoms with Gasteiger partial charge in [0, 0.05) is 30.5 Å². The van der Waals surface area contributed by atoms with Crippen LogP contribution in [-0.4, -0.2) is 21.9 Å². The van der Waals surface area contributed by atoms with Gasteiger partial charge < -0.3 is 9.47 Å². The van der Waals surface area contributed by atoms with E-state index in [2.05, 4.69) is 0 Å². The standard InChI is InChI=1S/C22H17Cl2F3N2O/c1-13-4-5-15(11-16(13)22(25,26)27)21(30)29-10-9-28-8-2-3-19(28)20(29)14-6-7-17(23)18(24)12-14/h2-8,11-12,20H,9-10H2,1H3. The first-order valence-electron chi connectivity index (χ1n) is 9.25. The van der Waals surface area contributed by atoms with E-state index < -0.39 is 23.7 Å². The van der Waals surface area contributed by atoms with E-state index in [4.69, 9.17) is 23.2 Å². The van der Waals surface area contributed by atoms with Crippen LogP contribution in [0, 0.1) is 6.92 Å². The monoisotopic (exact) mass is 452 g/mol. The summed E-state index contributed by atoms with van der Waals surface area (Å²) in [6, 6.07) is 12.1. The van der Waals surface area contributed by atoms with Crippen molar-refractivity contribution >= 4 is 29.1 Å². The van der Waals surface area contributed by atoms with Crippen molar-refractivity contribution in [2.24, 2.45) is 0 Å². The molecule has 1 aliphatic heterocycles. The second kappa shape index (κ2) is 7.67. The molecule has 3 aromatic rings. The average molecular weight is 453 g/mol. The van der Waals surface area contributed by atoms with Crippen molar-refractivity contribution in [1.82, 2.24) is 9.47 Å². The summed E-state index contributed by atoms with van der Waals surface area (Å²) in [5.74, 6) is -0.468. The molecule has 156 valence electrons. The van der Waals surface area contributed by atoms with Gasteiger partial charge in [-0.3, -0.25) is 4.79 Å². The van der Waals surface area contributed by atoms with Crippen LogP contribution in [0.3, 0.4) is 0 Å². The number of carbonyl (C=O) groups excluding carboxylic acids is 1. The SMILES string of the molecule is Cc1ccc(C(=O)N2CCn3cccc3C2c2ccc(Cl)c(Cl)c2)cc1C(F)(F)F. The van der Waals surface area contributed by atoms with Gasteiger partial charge in [0.1, 0.15) is 0 Å². The third kappa shape index (κ3) is 3.70. The Hall–Kier alpha value is -2.44. The molecular formula is C22H17Cl2F3N2O. The van der Waals surface area contributed by atoms with Crippen LogP contribution in [0.1, 0.15) is 38.8 Å². The maximum Gasteiger partial charge on any atom is 0.416 e. The van der Waals surface area contributed by atoms with E-state index in [0.717, 1.165) is 17.3 Å². The van der Waals surface area contributed by atoms with Crippen LogP contribution in [-0.2, 0) is 12.7 Å². The minimum atomic E-state index is -4.53. The highest BCUT2D eigenvalue weighted by Gasteiger charge is 2.36. The number of alkyl halides is 3. The number of hydrogen-bond acceptors (Lipinski definition) is 1. The Balaban J connectivity index is 1.79. The van der Waals surface area contributed by atoms with Gasteiger partial charge in [0.15, 0.2) is 0 Å². The van der Waals surface area contributed by atoms with Gasteiger partial charge in [-0.05, 0) is 54.4 Å². The van der Waals surface area contributed by atoms with Crippen molar-refractivity contribution in [3.63, 3.8) is 0 Å². The molecule has 1 atom stereocenters. The Bertz CT molecular complexity index is 1120. The summed E-state index contributed by atoms with van der Waals surface area (Å²) in [6.07, 6.45) is -2.62. The molecule has 4 rings (SSSR count). The van der Waals surface area contributed by atoms with Crippen LogP contribution in [0.15, 0.2) is 54.7 Å². The van der Waals surface area contributed by atoms with Crippen LogP contribution in [0.4, 0.5) is 13.2 Å². The van der Waals surface area contributed by atoms with E-state index in [0.29, 0.717) is 23.1 Å². The molecule has 0 saturated heterocycles. The van der Waals surface area contributed by atoms with Crippen LogP contribution in [0.5, 0.6) is 0 Å². The fourth-order valence-electron chi connectivity index (χ4n) is 3.86. The maximum absolute atomic E-state index is 13.4. The first kappa shape index (κ1) is 20.8. The number of benzene rings is 2. The summed E-state index contributed by atoms with van der Waals surface area (Å²) < 4.78 is 42.1. The van der Waals surface area contributed by atoms with E-state index in [-0.39, 0.29) is 11.1 Å². The average Bonchev–Trinajstić information content (AvgIpc) is 3.17. The third-order valence-electron chi connectivity index (χ3n) is 5.35. The predicted molar refractivity (Wildman–Crippen MR) is 110 cm³/mol. The van der Waals surface area contributed by atoms with Gasteiger partial charge >= 0.3 is 6.18 Å². The van der Waals surface area contributed by atoms with Crippen LogP contribution in [0.2, 0.25) is 10.0 Å². The van der Waals surface area contributed by atoms with Crippen molar-refractivity contribution in [2.45, 2.75) is 25.7 Å². The Kier molecular flexibility index (Phi) is 5.32. The highest BCUT2D eigenvalue weighted by Crippen LogP contribution is 2.37. The smallest absolute Gasteiger partial charge is 0.348 e. The molecule has 0 aliphatic carbocycles. The Morgan fingerprint density at radius 2 is 1.80 bits per heavy atom. The largest absolute Gasteiger partial charge is 0.416 e. The van der Waals surface area contributed by atoms with Gasteiger partial charge in [0.2, 0.25) is 0 Å². The van der Waals surface area contributed by atoms with Gasteiger partial charge in [-0.15, -0.1) is 0 Å². The minimum absolute atomic E-state index is 0.00186. The first-order valence-corrected chi connectivity index (χ1v) is 10.0. The Morgan fingerprint density at radius 1 is 1.03 bits per heavy atom. The fraction of sp³-hybridized carbons (Fsp3) is 0.227. The highest BCUT2D eigenvalue weighted by atomic mass is 35.5. The molecule has 30 heavy (non-hydrogen) atoms.